The Balaban J connectivity index is 2.09. The van der Waals surface area contributed by atoms with Crippen LogP contribution in [0.5, 0.6) is 0 Å². The summed E-state index contributed by atoms with van der Waals surface area (Å²) in [7, 11) is 1.43. The summed E-state index contributed by atoms with van der Waals surface area (Å²) in [5.41, 5.74) is 0.751. The normalized spacial score (nSPS) is 20.1. The molecule has 1 atom stereocenters. The lowest BCUT2D eigenvalue weighted by Gasteiger charge is -2.22. The van der Waals surface area contributed by atoms with E-state index in [9.17, 15) is 8.78 Å². The fourth-order valence-electron chi connectivity index (χ4n) is 2.49. The van der Waals surface area contributed by atoms with Crippen molar-refractivity contribution in [2.75, 3.05) is 20.2 Å². The second-order valence-corrected chi connectivity index (χ2v) is 4.89. The molecule has 0 spiro atoms. The van der Waals surface area contributed by atoms with Gasteiger partial charge in [0.25, 0.3) is 0 Å². The van der Waals surface area contributed by atoms with Crippen LogP contribution in [-0.4, -0.2) is 20.2 Å². The van der Waals surface area contributed by atoms with E-state index in [2.05, 4.69) is 5.32 Å². The van der Waals surface area contributed by atoms with Crippen LogP contribution in [0.15, 0.2) is 12.1 Å². The molecule has 2 nitrogen and oxygen atoms in total. The highest BCUT2D eigenvalue weighted by molar-refractivity contribution is 5.26. The Morgan fingerprint density at radius 2 is 2.06 bits per heavy atom. The van der Waals surface area contributed by atoms with Crippen molar-refractivity contribution in [3.05, 3.63) is 34.9 Å². The van der Waals surface area contributed by atoms with Crippen molar-refractivity contribution in [3.63, 3.8) is 0 Å². The van der Waals surface area contributed by atoms with Crippen LogP contribution in [0.25, 0.3) is 0 Å². The first-order chi connectivity index (χ1) is 8.70. The molecular weight excluding hydrogens is 236 g/mol. The number of piperidine rings is 1. The number of ether oxygens (including phenoxy) is 1. The Morgan fingerprint density at radius 1 is 1.33 bits per heavy atom. The molecule has 1 aromatic rings. The van der Waals surface area contributed by atoms with E-state index in [1.807, 2.05) is 0 Å². The topological polar surface area (TPSA) is 21.3 Å². The van der Waals surface area contributed by atoms with Crippen LogP contribution in [0.3, 0.4) is 0 Å². The third-order valence-corrected chi connectivity index (χ3v) is 3.41. The van der Waals surface area contributed by atoms with Crippen LogP contribution in [0.2, 0.25) is 0 Å². The lowest BCUT2D eigenvalue weighted by molar-refractivity contribution is 0.177. The van der Waals surface area contributed by atoms with E-state index in [-0.39, 0.29) is 12.2 Å². The summed E-state index contributed by atoms with van der Waals surface area (Å²) in [5.74, 6) is -0.530. The Morgan fingerprint density at radius 3 is 2.61 bits per heavy atom. The second kappa shape index (κ2) is 6.25. The molecule has 18 heavy (non-hydrogen) atoms. The minimum atomic E-state index is -0.504. The number of halogens is 2. The maximum absolute atomic E-state index is 13.7. The van der Waals surface area contributed by atoms with Crippen molar-refractivity contribution >= 4 is 0 Å². The fourth-order valence-corrected chi connectivity index (χ4v) is 2.49. The van der Waals surface area contributed by atoms with Crippen molar-refractivity contribution in [2.45, 2.75) is 25.9 Å². The molecule has 0 bridgehead atoms. The van der Waals surface area contributed by atoms with E-state index < -0.39 is 11.6 Å². The van der Waals surface area contributed by atoms with Gasteiger partial charge in [0.15, 0.2) is 0 Å². The zero-order chi connectivity index (χ0) is 13.0. The molecule has 100 valence electrons. The molecule has 0 aromatic heterocycles. The molecular formula is C14H19F2NO. The molecule has 1 saturated heterocycles. The zero-order valence-corrected chi connectivity index (χ0v) is 10.6. The van der Waals surface area contributed by atoms with E-state index >= 15 is 0 Å². The number of benzene rings is 1. The average molecular weight is 255 g/mol. The molecule has 1 unspecified atom stereocenters. The van der Waals surface area contributed by atoms with Crippen molar-refractivity contribution < 1.29 is 13.5 Å². The van der Waals surface area contributed by atoms with Crippen LogP contribution in [-0.2, 0) is 17.8 Å². The Hall–Kier alpha value is -1.00. The summed E-state index contributed by atoms with van der Waals surface area (Å²) in [4.78, 5) is 0. The number of hydrogen-bond donors (Lipinski definition) is 1. The molecule has 0 amide bonds. The van der Waals surface area contributed by atoms with Gasteiger partial charge in [0.2, 0.25) is 0 Å². The third-order valence-electron chi connectivity index (χ3n) is 3.41. The van der Waals surface area contributed by atoms with E-state index in [1.165, 1.54) is 19.2 Å². The summed E-state index contributed by atoms with van der Waals surface area (Å²) in [5, 5.41) is 3.31. The van der Waals surface area contributed by atoms with Gasteiger partial charge in [0.1, 0.15) is 11.6 Å². The smallest absolute Gasteiger partial charge is 0.131 e. The number of nitrogens with one attached hydrogen (secondary N) is 1. The van der Waals surface area contributed by atoms with Crippen LogP contribution in [0.4, 0.5) is 8.78 Å². The average Bonchev–Trinajstić information content (AvgIpc) is 2.35. The molecule has 1 aromatic carbocycles. The first-order valence-electron chi connectivity index (χ1n) is 6.37. The van der Waals surface area contributed by atoms with E-state index in [0.717, 1.165) is 37.9 Å². The molecule has 1 heterocycles. The van der Waals surface area contributed by atoms with Crippen LogP contribution < -0.4 is 5.32 Å². The highest BCUT2D eigenvalue weighted by atomic mass is 19.1. The SMILES string of the molecule is COCc1c(F)cc(CC2CCCNC2)cc1F. The molecule has 0 aliphatic carbocycles. The van der Waals surface area contributed by atoms with Crippen molar-refractivity contribution in [3.8, 4) is 0 Å². The highest BCUT2D eigenvalue weighted by Gasteiger charge is 2.16. The summed E-state index contributed by atoms with van der Waals surface area (Å²) in [6.07, 6.45) is 2.99. The van der Waals surface area contributed by atoms with Crippen LogP contribution in [0, 0.1) is 17.6 Å². The monoisotopic (exact) mass is 255 g/mol. The molecule has 1 aliphatic heterocycles. The zero-order valence-electron chi connectivity index (χ0n) is 10.6. The number of rotatable bonds is 4. The summed E-state index contributed by atoms with van der Waals surface area (Å²) < 4.78 is 32.2. The molecule has 1 N–H and O–H groups in total. The van der Waals surface area contributed by atoms with E-state index in [0.29, 0.717) is 5.92 Å². The first-order valence-corrected chi connectivity index (χ1v) is 6.37. The molecule has 0 radical (unpaired) electrons. The highest BCUT2D eigenvalue weighted by Crippen LogP contribution is 2.21. The van der Waals surface area contributed by atoms with Gasteiger partial charge in [-0.15, -0.1) is 0 Å². The Bertz CT molecular complexity index is 380. The lowest BCUT2D eigenvalue weighted by atomic mass is 9.92. The van der Waals surface area contributed by atoms with Gasteiger partial charge in [-0.1, -0.05) is 0 Å². The van der Waals surface area contributed by atoms with Crippen LogP contribution in [0.1, 0.15) is 24.0 Å². The third kappa shape index (κ3) is 3.27. The van der Waals surface area contributed by atoms with E-state index in [4.69, 9.17) is 4.74 Å². The largest absolute Gasteiger partial charge is 0.380 e. The fraction of sp³-hybridized carbons (Fsp3) is 0.571. The molecule has 4 heteroatoms. The summed E-state index contributed by atoms with van der Waals surface area (Å²) in [6, 6.07) is 2.87. The van der Waals surface area contributed by atoms with Gasteiger partial charge < -0.3 is 10.1 Å². The van der Waals surface area contributed by atoms with E-state index in [1.54, 1.807) is 0 Å². The Labute approximate surface area is 106 Å². The van der Waals surface area contributed by atoms with Crippen molar-refractivity contribution in [1.29, 1.82) is 0 Å². The van der Waals surface area contributed by atoms with Gasteiger partial charge >= 0.3 is 0 Å². The lowest BCUT2D eigenvalue weighted by Crippen LogP contribution is -2.30. The minimum Gasteiger partial charge on any atom is -0.380 e. The first kappa shape index (κ1) is 13.4. The predicted octanol–water partition coefficient (Wildman–Crippen LogP) is 2.65. The van der Waals surface area contributed by atoms with Gasteiger partial charge in [-0.05, 0) is 56.0 Å². The maximum Gasteiger partial charge on any atom is 0.131 e. The second-order valence-electron chi connectivity index (χ2n) is 4.89. The van der Waals surface area contributed by atoms with Crippen molar-refractivity contribution in [2.24, 2.45) is 5.92 Å². The number of methoxy groups -OCH3 is 1. The van der Waals surface area contributed by atoms with Gasteiger partial charge in [-0.25, -0.2) is 8.78 Å². The number of hydrogen-bond acceptors (Lipinski definition) is 2. The summed E-state index contributed by atoms with van der Waals surface area (Å²) >= 11 is 0. The van der Waals surface area contributed by atoms with Gasteiger partial charge in [-0.2, -0.15) is 0 Å². The van der Waals surface area contributed by atoms with Crippen molar-refractivity contribution in [1.82, 2.24) is 5.32 Å². The van der Waals surface area contributed by atoms with Gasteiger partial charge in [-0.3, -0.25) is 0 Å². The van der Waals surface area contributed by atoms with Gasteiger partial charge in [0.05, 0.1) is 6.61 Å². The Kier molecular flexibility index (Phi) is 4.66. The molecule has 1 fully saturated rings. The van der Waals surface area contributed by atoms with Crippen LogP contribution >= 0.6 is 0 Å². The standard InChI is InChI=1S/C14H19F2NO/c1-18-9-12-13(15)6-11(7-14(12)16)5-10-3-2-4-17-8-10/h6-7,10,17H,2-5,8-9H2,1H3. The molecule has 2 rings (SSSR count). The van der Waals surface area contributed by atoms with Gasteiger partial charge in [0, 0.05) is 12.7 Å². The molecule has 1 aliphatic rings. The molecule has 0 saturated carbocycles. The summed E-state index contributed by atoms with van der Waals surface area (Å²) in [6.45, 7) is 1.96. The quantitative estimate of drug-likeness (QED) is 0.893. The maximum atomic E-state index is 13.7. The predicted molar refractivity (Wildman–Crippen MR) is 66.4 cm³/mol. The minimum absolute atomic E-state index is 0.0167.